The van der Waals surface area contributed by atoms with E-state index in [-0.39, 0.29) is 6.04 Å². The highest BCUT2D eigenvalue weighted by Crippen LogP contribution is 2.29. The molecule has 0 spiro atoms. The van der Waals surface area contributed by atoms with Gasteiger partial charge in [0.15, 0.2) is 0 Å². The van der Waals surface area contributed by atoms with Crippen LogP contribution in [0.1, 0.15) is 49.9 Å². The lowest BCUT2D eigenvalue weighted by Crippen LogP contribution is -2.23. The van der Waals surface area contributed by atoms with Gasteiger partial charge < -0.3 is 5.73 Å². The van der Waals surface area contributed by atoms with Crippen LogP contribution < -0.4 is 5.73 Å². The molecule has 0 saturated heterocycles. The van der Waals surface area contributed by atoms with Crippen molar-refractivity contribution in [2.24, 2.45) is 17.6 Å². The van der Waals surface area contributed by atoms with Crippen LogP contribution in [0, 0.1) is 11.8 Å². The summed E-state index contributed by atoms with van der Waals surface area (Å²) in [6.45, 7) is 6.75. The summed E-state index contributed by atoms with van der Waals surface area (Å²) in [5, 5.41) is 0. The van der Waals surface area contributed by atoms with E-state index in [4.69, 9.17) is 5.73 Å². The average molecular weight is 217 g/mol. The maximum Gasteiger partial charge on any atom is 0.0323 e. The number of benzene rings is 1. The zero-order valence-corrected chi connectivity index (χ0v) is 10.7. The van der Waals surface area contributed by atoms with E-state index in [9.17, 15) is 0 Å². The quantitative estimate of drug-likeness (QED) is 0.824. The summed E-state index contributed by atoms with van der Waals surface area (Å²) in [5.41, 5.74) is 10.7. The molecule has 16 heavy (non-hydrogen) atoms. The Morgan fingerprint density at radius 3 is 2.44 bits per heavy atom. The predicted octanol–water partition coefficient (Wildman–Crippen LogP) is 3.47. The normalized spacial score (nSPS) is 18.6. The van der Waals surface area contributed by atoms with E-state index in [0.717, 1.165) is 0 Å². The number of hydrogen-bond donors (Lipinski definition) is 1. The molecule has 0 fully saturated rings. The van der Waals surface area contributed by atoms with Crippen LogP contribution in [0.4, 0.5) is 0 Å². The molecule has 0 aliphatic heterocycles. The third-order valence-corrected chi connectivity index (χ3v) is 4.13. The third kappa shape index (κ3) is 2.15. The molecule has 1 aliphatic carbocycles. The maximum absolute atomic E-state index is 6.33. The summed E-state index contributed by atoms with van der Waals surface area (Å²) in [6, 6.07) is 7.04. The van der Waals surface area contributed by atoms with Gasteiger partial charge in [0, 0.05) is 6.04 Å². The molecular weight excluding hydrogens is 194 g/mol. The monoisotopic (exact) mass is 217 g/mol. The largest absolute Gasteiger partial charge is 0.324 e. The van der Waals surface area contributed by atoms with Crippen LogP contribution in [-0.4, -0.2) is 0 Å². The minimum atomic E-state index is 0.186. The molecule has 0 amide bonds. The molecule has 0 heterocycles. The van der Waals surface area contributed by atoms with Crippen LogP contribution >= 0.6 is 0 Å². The zero-order valence-electron chi connectivity index (χ0n) is 10.7. The van der Waals surface area contributed by atoms with Gasteiger partial charge in [0.2, 0.25) is 0 Å². The molecule has 1 aromatic rings. The Morgan fingerprint density at radius 1 is 1.06 bits per heavy atom. The predicted molar refractivity (Wildman–Crippen MR) is 69.4 cm³/mol. The zero-order chi connectivity index (χ0) is 11.7. The van der Waals surface area contributed by atoms with Gasteiger partial charge in [-0.3, -0.25) is 0 Å². The van der Waals surface area contributed by atoms with Crippen molar-refractivity contribution in [2.45, 2.75) is 46.1 Å². The highest BCUT2D eigenvalue weighted by Gasteiger charge is 2.20. The van der Waals surface area contributed by atoms with E-state index in [1.807, 2.05) is 0 Å². The van der Waals surface area contributed by atoms with Crippen molar-refractivity contribution in [1.29, 1.82) is 0 Å². The first-order chi connectivity index (χ1) is 7.59. The molecule has 88 valence electrons. The van der Waals surface area contributed by atoms with E-state index < -0.39 is 0 Å². The van der Waals surface area contributed by atoms with E-state index >= 15 is 0 Å². The molecule has 2 rings (SSSR count). The SMILES string of the molecule is CC(C)C(C)C(N)c1ccc2c(c1)CCC2. The maximum atomic E-state index is 6.33. The third-order valence-electron chi connectivity index (χ3n) is 4.13. The Labute approximate surface area is 99.0 Å². The number of nitrogens with two attached hydrogens (primary N) is 1. The summed E-state index contributed by atoms with van der Waals surface area (Å²) in [5.74, 6) is 1.18. The number of aryl methyl sites for hydroxylation is 2. The average Bonchev–Trinajstić information content (AvgIpc) is 2.73. The van der Waals surface area contributed by atoms with Gasteiger partial charge in [-0.1, -0.05) is 39.0 Å². The standard InChI is InChI=1S/C15H23N/c1-10(2)11(3)15(16)14-8-7-12-5-4-6-13(12)9-14/h7-11,15H,4-6,16H2,1-3H3. The van der Waals surface area contributed by atoms with Crippen molar-refractivity contribution < 1.29 is 0 Å². The van der Waals surface area contributed by atoms with E-state index in [1.54, 1.807) is 0 Å². The first-order valence-corrected chi connectivity index (χ1v) is 6.47. The van der Waals surface area contributed by atoms with Gasteiger partial charge >= 0.3 is 0 Å². The van der Waals surface area contributed by atoms with E-state index in [0.29, 0.717) is 11.8 Å². The van der Waals surface area contributed by atoms with Gasteiger partial charge in [-0.15, -0.1) is 0 Å². The van der Waals surface area contributed by atoms with Gasteiger partial charge in [-0.05, 0) is 47.8 Å². The summed E-state index contributed by atoms with van der Waals surface area (Å²) in [4.78, 5) is 0. The number of hydrogen-bond acceptors (Lipinski definition) is 1. The fourth-order valence-corrected chi connectivity index (χ4v) is 2.52. The topological polar surface area (TPSA) is 26.0 Å². The highest BCUT2D eigenvalue weighted by atomic mass is 14.6. The Hall–Kier alpha value is -0.820. The smallest absolute Gasteiger partial charge is 0.0323 e. The number of fused-ring (bicyclic) bond motifs is 1. The van der Waals surface area contributed by atoms with Crippen molar-refractivity contribution in [2.75, 3.05) is 0 Å². The lowest BCUT2D eigenvalue weighted by atomic mass is 9.86. The van der Waals surface area contributed by atoms with E-state index in [1.165, 1.54) is 36.0 Å². The molecule has 0 radical (unpaired) electrons. The minimum Gasteiger partial charge on any atom is -0.324 e. The van der Waals surface area contributed by atoms with Crippen molar-refractivity contribution >= 4 is 0 Å². The molecule has 1 aliphatic rings. The van der Waals surface area contributed by atoms with Gasteiger partial charge in [0.05, 0.1) is 0 Å². The summed E-state index contributed by atoms with van der Waals surface area (Å²) < 4.78 is 0. The van der Waals surface area contributed by atoms with Crippen LogP contribution in [-0.2, 0) is 12.8 Å². The van der Waals surface area contributed by atoms with Gasteiger partial charge in [0.25, 0.3) is 0 Å². The fourth-order valence-electron chi connectivity index (χ4n) is 2.52. The molecular formula is C15H23N. The summed E-state index contributed by atoms with van der Waals surface area (Å²) >= 11 is 0. The van der Waals surface area contributed by atoms with Crippen LogP contribution in [0.2, 0.25) is 0 Å². The molecule has 2 N–H and O–H groups in total. The Morgan fingerprint density at radius 2 is 1.75 bits per heavy atom. The summed E-state index contributed by atoms with van der Waals surface area (Å²) in [7, 11) is 0. The van der Waals surface area contributed by atoms with Crippen molar-refractivity contribution in [3.8, 4) is 0 Å². The molecule has 0 saturated carbocycles. The lowest BCUT2D eigenvalue weighted by molar-refractivity contribution is 0.352. The first-order valence-electron chi connectivity index (χ1n) is 6.47. The van der Waals surface area contributed by atoms with Crippen LogP contribution in [0.15, 0.2) is 18.2 Å². The minimum absolute atomic E-state index is 0.186. The van der Waals surface area contributed by atoms with Crippen molar-refractivity contribution in [1.82, 2.24) is 0 Å². The van der Waals surface area contributed by atoms with Crippen LogP contribution in [0.3, 0.4) is 0 Å². The molecule has 0 bridgehead atoms. The van der Waals surface area contributed by atoms with Crippen molar-refractivity contribution in [3.05, 3.63) is 34.9 Å². The lowest BCUT2D eigenvalue weighted by Gasteiger charge is -2.24. The fraction of sp³-hybridized carbons (Fsp3) is 0.600. The second-order valence-electron chi connectivity index (χ2n) is 5.51. The second-order valence-corrected chi connectivity index (χ2v) is 5.51. The molecule has 1 heteroatoms. The molecule has 1 aromatic carbocycles. The Balaban J connectivity index is 2.21. The Kier molecular flexibility index (Phi) is 3.34. The van der Waals surface area contributed by atoms with E-state index in [2.05, 4.69) is 39.0 Å². The summed E-state index contributed by atoms with van der Waals surface area (Å²) in [6.07, 6.45) is 3.81. The Bertz CT molecular complexity index is 368. The van der Waals surface area contributed by atoms with Crippen molar-refractivity contribution in [3.63, 3.8) is 0 Å². The first kappa shape index (κ1) is 11.7. The molecule has 2 atom stereocenters. The molecule has 0 aromatic heterocycles. The highest BCUT2D eigenvalue weighted by molar-refractivity contribution is 5.36. The van der Waals surface area contributed by atoms with Crippen LogP contribution in [0.25, 0.3) is 0 Å². The van der Waals surface area contributed by atoms with Gasteiger partial charge in [-0.2, -0.15) is 0 Å². The number of rotatable bonds is 3. The molecule has 2 unspecified atom stereocenters. The second kappa shape index (κ2) is 4.58. The van der Waals surface area contributed by atoms with Gasteiger partial charge in [-0.25, -0.2) is 0 Å². The molecule has 1 nitrogen and oxygen atoms in total. The van der Waals surface area contributed by atoms with Crippen LogP contribution in [0.5, 0.6) is 0 Å². The van der Waals surface area contributed by atoms with Gasteiger partial charge in [0.1, 0.15) is 0 Å².